The molecular weight excluding hydrogens is 491 g/mol. The second-order valence-electron chi connectivity index (χ2n) is 11.8. The summed E-state index contributed by atoms with van der Waals surface area (Å²) in [5, 5.41) is 0. The molecule has 3 aromatic rings. The molecule has 0 saturated carbocycles. The molecule has 0 fully saturated rings. The predicted molar refractivity (Wildman–Crippen MR) is 156 cm³/mol. The topological polar surface area (TPSA) is 43.4 Å². The van der Waals surface area contributed by atoms with Gasteiger partial charge >= 0.3 is 5.97 Å². The zero-order valence-electron chi connectivity index (χ0n) is 23.0. The van der Waals surface area contributed by atoms with Gasteiger partial charge in [-0.05, 0) is 65.6 Å². The molecule has 3 aromatic carbocycles. The molecule has 0 heterocycles. The number of esters is 1. The van der Waals surface area contributed by atoms with Crippen LogP contribution in [0.1, 0.15) is 62.4 Å². The van der Waals surface area contributed by atoms with Gasteiger partial charge in [0, 0.05) is 24.6 Å². The lowest BCUT2D eigenvalue weighted by Crippen LogP contribution is -2.22. The van der Waals surface area contributed by atoms with Crippen LogP contribution in [0.3, 0.4) is 0 Å². The van der Waals surface area contributed by atoms with E-state index in [0.717, 1.165) is 28.8 Å². The Kier molecular flexibility index (Phi) is 7.70. The summed E-state index contributed by atoms with van der Waals surface area (Å²) in [6.07, 6.45) is 5.08. The van der Waals surface area contributed by atoms with Crippen molar-refractivity contribution in [1.29, 1.82) is 0 Å². The van der Waals surface area contributed by atoms with E-state index in [4.69, 9.17) is 4.74 Å². The molecule has 38 heavy (non-hydrogen) atoms. The summed E-state index contributed by atoms with van der Waals surface area (Å²) in [4.78, 5) is 25.3. The first kappa shape index (κ1) is 27.5. The molecule has 0 spiro atoms. The van der Waals surface area contributed by atoms with Crippen LogP contribution in [0.2, 0.25) is 25.7 Å². The van der Waals surface area contributed by atoms with Gasteiger partial charge in [-0.2, -0.15) is 0 Å². The van der Waals surface area contributed by atoms with Gasteiger partial charge in [-0.1, -0.05) is 87.6 Å². The highest BCUT2D eigenvalue weighted by Crippen LogP contribution is 2.43. The van der Waals surface area contributed by atoms with E-state index < -0.39 is 19.9 Å². The molecule has 5 heteroatoms. The van der Waals surface area contributed by atoms with Crippen molar-refractivity contribution in [1.82, 2.24) is 0 Å². The van der Waals surface area contributed by atoms with Crippen molar-refractivity contribution in [3.05, 3.63) is 118 Å². The lowest BCUT2D eigenvalue weighted by Gasteiger charge is -2.18. The van der Waals surface area contributed by atoms with Crippen LogP contribution in [0.15, 0.2) is 72.8 Å². The molecule has 196 valence electrons. The minimum absolute atomic E-state index is 0.166. The molecule has 0 amide bonds. The molecule has 1 aliphatic rings. The first-order chi connectivity index (χ1) is 17.8. The SMILES string of the molecule is Cc1ccc(C2=CC(C)(C)c3cc(C(=O)C=Cc4ccc(C(=O)OCC[Si](C)(C)C)cc4F)ccc32)cc1. The van der Waals surface area contributed by atoms with E-state index >= 15 is 0 Å². The number of carbonyl (C=O) groups is 2. The van der Waals surface area contributed by atoms with Crippen molar-refractivity contribution in [2.45, 2.75) is 51.9 Å². The summed E-state index contributed by atoms with van der Waals surface area (Å²) in [5.74, 6) is -1.31. The maximum absolute atomic E-state index is 14.7. The Morgan fingerprint density at radius 1 is 0.947 bits per heavy atom. The van der Waals surface area contributed by atoms with E-state index in [-0.39, 0.29) is 22.3 Å². The largest absolute Gasteiger partial charge is 0.462 e. The van der Waals surface area contributed by atoms with Crippen LogP contribution in [0, 0.1) is 12.7 Å². The lowest BCUT2D eigenvalue weighted by molar-refractivity contribution is 0.0524. The van der Waals surface area contributed by atoms with Gasteiger partial charge in [-0.15, -0.1) is 0 Å². The number of hydrogen-bond donors (Lipinski definition) is 0. The van der Waals surface area contributed by atoms with Gasteiger partial charge in [0.05, 0.1) is 12.2 Å². The number of benzene rings is 3. The summed E-state index contributed by atoms with van der Waals surface area (Å²) >= 11 is 0. The highest BCUT2D eigenvalue weighted by Gasteiger charge is 2.31. The molecule has 0 aliphatic heterocycles. The molecule has 0 unspecified atom stereocenters. The number of rotatable bonds is 8. The van der Waals surface area contributed by atoms with E-state index in [2.05, 4.69) is 70.8 Å². The first-order valence-electron chi connectivity index (χ1n) is 13.0. The Hall–Kier alpha value is -3.57. The molecule has 0 saturated heterocycles. The third kappa shape index (κ3) is 6.28. The van der Waals surface area contributed by atoms with Crippen LogP contribution >= 0.6 is 0 Å². The number of fused-ring (bicyclic) bond motifs is 1. The minimum atomic E-state index is -1.32. The molecule has 0 radical (unpaired) electrons. The number of hydrogen-bond acceptors (Lipinski definition) is 3. The number of allylic oxidation sites excluding steroid dienone is 2. The molecule has 0 N–H and O–H groups in total. The average molecular weight is 527 g/mol. The van der Waals surface area contributed by atoms with Crippen molar-refractivity contribution in [2.24, 2.45) is 0 Å². The Labute approximate surface area is 226 Å². The van der Waals surface area contributed by atoms with Crippen LogP contribution < -0.4 is 0 Å². The maximum Gasteiger partial charge on any atom is 0.338 e. The molecular formula is C33H35FO3Si. The Bertz CT molecular complexity index is 1440. The predicted octanol–water partition coefficient (Wildman–Crippen LogP) is 8.25. The van der Waals surface area contributed by atoms with Crippen molar-refractivity contribution < 1.29 is 18.7 Å². The van der Waals surface area contributed by atoms with Gasteiger partial charge in [0.25, 0.3) is 0 Å². The van der Waals surface area contributed by atoms with Gasteiger partial charge in [0.15, 0.2) is 5.78 Å². The molecule has 1 aliphatic carbocycles. The van der Waals surface area contributed by atoms with Crippen molar-refractivity contribution in [3.8, 4) is 0 Å². The molecule has 0 bridgehead atoms. The fraction of sp³-hybridized carbons (Fsp3) is 0.273. The summed E-state index contributed by atoms with van der Waals surface area (Å²) in [5.41, 5.74) is 6.48. The third-order valence-corrected chi connectivity index (χ3v) is 8.60. The normalized spacial score (nSPS) is 14.3. The summed E-state index contributed by atoms with van der Waals surface area (Å²) in [6.45, 7) is 13.3. The average Bonchev–Trinajstić information content (AvgIpc) is 3.12. The number of halogens is 1. The zero-order valence-corrected chi connectivity index (χ0v) is 24.0. The second-order valence-corrected chi connectivity index (χ2v) is 17.4. The van der Waals surface area contributed by atoms with E-state index in [1.54, 1.807) is 0 Å². The fourth-order valence-electron chi connectivity index (χ4n) is 4.54. The van der Waals surface area contributed by atoms with Crippen LogP contribution in [0.25, 0.3) is 11.6 Å². The van der Waals surface area contributed by atoms with Crippen molar-refractivity contribution in [3.63, 3.8) is 0 Å². The minimum Gasteiger partial charge on any atom is -0.462 e. The van der Waals surface area contributed by atoms with E-state index in [9.17, 15) is 14.0 Å². The molecule has 0 atom stereocenters. The van der Waals surface area contributed by atoms with E-state index in [0.29, 0.717) is 12.2 Å². The Morgan fingerprint density at radius 3 is 2.29 bits per heavy atom. The van der Waals surface area contributed by atoms with Crippen molar-refractivity contribution in [2.75, 3.05) is 6.61 Å². The van der Waals surface area contributed by atoms with Gasteiger partial charge < -0.3 is 4.74 Å². The zero-order chi connectivity index (χ0) is 27.7. The van der Waals surface area contributed by atoms with Crippen LogP contribution in [-0.4, -0.2) is 26.4 Å². The lowest BCUT2D eigenvalue weighted by atomic mass is 9.85. The summed E-state index contributed by atoms with van der Waals surface area (Å²) in [6, 6.07) is 19.3. The Balaban J connectivity index is 1.48. The van der Waals surface area contributed by atoms with E-state index in [1.807, 2.05) is 18.2 Å². The maximum atomic E-state index is 14.7. The van der Waals surface area contributed by atoms with Crippen LogP contribution in [0.4, 0.5) is 4.39 Å². The van der Waals surface area contributed by atoms with Gasteiger partial charge in [-0.3, -0.25) is 4.79 Å². The van der Waals surface area contributed by atoms with Crippen LogP contribution in [0.5, 0.6) is 0 Å². The molecule has 0 aromatic heterocycles. The van der Waals surface area contributed by atoms with Crippen LogP contribution in [-0.2, 0) is 10.2 Å². The number of ketones is 1. The second kappa shape index (κ2) is 10.7. The number of ether oxygens (including phenoxy) is 1. The van der Waals surface area contributed by atoms with Crippen molar-refractivity contribution >= 4 is 31.5 Å². The van der Waals surface area contributed by atoms with E-state index in [1.165, 1.54) is 35.4 Å². The van der Waals surface area contributed by atoms with Gasteiger partial charge in [-0.25, -0.2) is 9.18 Å². The summed E-state index contributed by atoms with van der Waals surface area (Å²) in [7, 11) is -1.32. The monoisotopic (exact) mass is 526 g/mol. The van der Waals surface area contributed by atoms with Gasteiger partial charge in [0.1, 0.15) is 5.82 Å². The third-order valence-electron chi connectivity index (χ3n) is 6.89. The summed E-state index contributed by atoms with van der Waals surface area (Å²) < 4.78 is 20.0. The highest BCUT2D eigenvalue weighted by molar-refractivity contribution is 6.76. The molecule has 4 rings (SSSR count). The number of carbonyl (C=O) groups excluding carboxylic acids is 2. The van der Waals surface area contributed by atoms with Gasteiger partial charge in [0.2, 0.25) is 0 Å². The quantitative estimate of drug-likeness (QED) is 0.128. The number of aryl methyl sites for hydroxylation is 1. The first-order valence-corrected chi connectivity index (χ1v) is 16.7. The fourth-order valence-corrected chi connectivity index (χ4v) is 5.25. The highest BCUT2D eigenvalue weighted by atomic mass is 28.3. The Morgan fingerprint density at radius 2 is 1.63 bits per heavy atom. The standard InChI is InChI=1S/C33H35FO3Si/c1-22-7-9-23(10-8-22)28-21-33(2,3)29-19-25(13-15-27(28)29)31(35)16-14-24-11-12-26(20-30(24)34)32(36)37-17-18-38(4,5)6/h7-16,19-21H,17-18H2,1-6H3. The smallest absolute Gasteiger partial charge is 0.338 e. The molecule has 3 nitrogen and oxygen atoms in total.